The smallest absolute Gasteiger partial charge is 0.337 e. The summed E-state index contributed by atoms with van der Waals surface area (Å²) in [5.41, 5.74) is -0.0436. The van der Waals surface area contributed by atoms with Gasteiger partial charge in [-0.15, -0.1) is 0 Å². The zero-order valence-electron chi connectivity index (χ0n) is 15.6. The summed E-state index contributed by atoms with van der Waals surface area (Å²) in [5, 5.41) is 27.0. The topological polar surface area (TPSA) is 141 Å². The molecule has 1 aromatic heterocycles. The van der Waals surface area contributed by atoms with Crippen molar-refractivity contribution in [3.63, 3.8) is 0 Å². The molecular weight excluding hydrogens is 384 g/mol. The van der Waals surface area contributed by atoms with E-state index in [0.29, 0.717) is 5.52 Å². The molecule has 0 aliphatic heterocycles. The van der Waals surface area contributed by atoms with E-state index in [4.69, 9.17) is 14.2 Å². The number of aliphatic carboxylic acids is 2. The Morgan fingerprint density at radius 2 is 1.34 bits per heavy atom. The van der Waals surface area contributed by atoms with E-state index in [-0.39, 0.29) is 33.9 Å². The van der Waals surface area contributed by atoms with Gasteiger partial charge in [0.15, 0.2) is 11.5 Å². The average Bonchev–Trinajstić information content (AvgIpc) is 3.17. The van der Waals surface area contributed by atoms with Crippen molar-refractivity contribution >= 4 is 34.1 Å². The van der Waals surface area contributed by atoms with E-state index in [1.807, 2.05) is 0 Å². The Hall–Kier alpha value is -4.08. The highest BCUT2D eigenvalue weighted by atomic mass is 16.6. The summed E-state index contributed by atoms with van der Waals surface area (Å²) in [6, 6.07) is 7.03. The molecule has 3 rings (SSSR count). The van der Waals surface area contributed by atoms with Crippen LogP contribution in [0.5, 0.6) is 17.2 Å². The number of hydrogen-bond acceptors (Lipinski definition) is 8. The monoisotopic (exact) mass is 400 g/mol. The van der Waals surface area contributed by atoms with Gasteiger partial charge < -0.3 is 24.4 Å². The SMILES string of the molecule is COc1cc(/C(C(=O)O)=C(/C(=O)O)c2ccc3nonc3c2)cc(OC)c1OC. The van der Waals surface area contributed by atoms with Gasteiger partial charge in [-0.25, -0.2) is 14.2 Å². The van der Waals surface area contributed by atoms with Gasteiger partial charge in [0.2, 0.25) is 5.75 Å². The van der Waals surface area contributed by atoms with Crippen molar-refractivity contribution in [1.82, 2.24) is 10.3 Å². The van der Waals surface area contributed by atoms with Crippen molar-refractivity contribution < 1.29 is 38.6 Å². The van der Waals surface area contributed by atoms with E-state index in [9.17, 15) is 19.8 Å². The molecule has 3 aromatic rings. The lowest BCUT2D eigenvalue weighted by molar-refractivity contribution is -0.132. The van der Waals surface area contributed by atoms with Crippen molar-refractivity contribution in [2.75, 3.05) is 21.3 Å². The first-order chi connectivity index (χ1) is 13.9. The fourth-order valence-corrected chi connectivity index (χ4v) is 2.91. The number of carboxylic acids is 2. The molecule has 0 amide bonds. The molecule has 0 saturated carbocycles. The van der Waals surface area contributed by atoms with E-state index >= 15 is 0 Å². The molecule has 0 aliphatic carbocycles. The Labute approximate surface area is 163 Å². The first-order valence-electron chi connectivity index (χ1n) is 8.15. The minimum absolute atomic E-state index is 0.0581. The third-order valence-corrected chi connectivity index (χ3v) is 4.17. The maximum absolute atomic E-state index is 12.1. The fraction of sp³-hybridized carbons (Fsp3) is 0.158. The number of carbonyl (C=O) groups is 2. The number of aromatic nitrogens is 2. The quantitative estimate of drug-likeness (QED) is 0.448. The summed E-state index contributed by atoms with van der Waals surface area (Å²) in [6.45, 7) is 0. The van der Waals surface area contributed by atoms with E-state index < -0.39 is 23.1 Å². The van der Waals surface area contributed by atoms with Gasteiger partial charge in [0.05, 0.1) is 32.5 Å². The van der Waals surface area contributed by atoms with Gasteiger partial charge in [-0.1, -0.05) is 6.07 Å². The molecule has 2 aromatic carbocycles. The lowest BCUT2D eigenvalue weighted by atomic mass is 9.93. The largest absolute Gasteiger partial charge is 0.493 e. The minimum atomic E-state index is -1.45. The third kappa shape index (κ3) is 3.55. The standard InChI is InChI=1S/C19H16N2O8/c1-26-13-7-10(8-14(27-2)17(13)28-3)16(19(24)25)15(18(22)23)9-4-5-11-12(6-9)21-29-20-11/h4-8H,1-3H3,(H,22,23)(H,24,25)/b16-15-. The van der Waals surface area contributed by atoms with Crippen LogP contribution in [0.2, 0.25) is 0 Å². The highest BCUT2D eigenvalue weighted by Gasteiger charge is 2.26. The Balaban J connectivity index is 2.34. The molecule has 150 valence electrons. The molecule has 0 spiro atoms. The molecular formula is C19H16N2O8. The summed E-state index contributed by atoms with van der Waals surface area (Å²) in [7, 11) is 4.14. The molecule has 0 aliphatic rings. The summed E-state index contributed by atoms with van der Waals surface area (Å²) in [5.74, 6) is -2.28. The molecule has 0 unspecified atom stereocenters. The number of rotatable bonds is 7. The maximum Gasteiger partial charge on any atom is 0.337 e. The van der Waals surface area contributed by atoms with Crippen LogP contribution in [0, 0.1) is 0 Å². The van der Waals surface area contributed by atoms with Crippen molar-refractivity contribution in [1.29, 1.82) is 0 Å². The molecule has 2 N–H and O–H groups in total. The maximum atomic E-state index is 12.1. The molecule has 0 saturated heterocycles. The normalized spacial score (nSPS) is 11.7. The van der Waals surface area contributed by atoms with Crippen LogP contribution < -0.4 is 14.2 Å². The lowest BCUT2D eigenvalue weighted by Gasteiger charge is -2.16. The molecule has 0 bridgehead atoms. The van der Waals surface area contributed by atoms with E-state index in [1.165, 1.54) is 51.7 Å². The van der Waals surface area contributed by atoms with Gasteiger partial charge in [0, 0.05) is 0 Å². The van der Waals surface area contributed by atoms with Crippen molar-refractivity contribution in [3.05, 3.63) is 41.5 Å². The van der Waals surface area contributed by atoms with Crippen LogP contribution in [0.4, 0.5) is 0 Å². The number of hydrogen-bond donors (Lipinski definition) is 2. The summed E-state index contributed by atoms with van der Waals surface area (Å²) in [4.78, 5) is 24.2. The van der Waals surface area contributed by atoms with Crippen LogP contribution in [-0.2, 0) is 9.59 Å². The molecule has 10 heteroatoms. The van der Waals surface area contributed by atoms with E-state index in [1.54, 1.807) is 0 Å². The molecule has 0 fully saturated rings. The fourth-order valence-electron chi connectivity index (χ4n) is 2.91. The molecule has 0 atom stereocenters. The molecule has 0 radical (unpaired) electrons. The molecule has 29 heavy (non-hydrogen) atoms. The zero-order chi connectivity index (χ0) is 21.1. The van der Waals surface area contributed by atoms with Crippen LogP contribution >= 0.6 is 0 Å². The number of ether oxygens (including phenoxy) is 3. The molecule has 1 heterocycles. The van der Waals surface area contributed by atoms with Gasteiger partial charge in [-0.05, 0) is 45.7 Å². The highest BCUT2D eigenvalue weighted by Crippen LogP contribution is 2.41. The zero-order valence-corrected chi connectivity index (χ0v) is 15.6. The highest BCUT2D eigenvalue weighted by molar-refractivity contribution is 6.36. The van der Waals surface area contributed by atoms with Crippen molar-refractivity contribution in [3.8, 4) is 17.2 Å². The average molecular weight is 400 g/mol. The Bertz CT molecular complexity index is 1110. The van der Waals surface area contributed by atoms with E-state index in [0.717, 1.165) is 0 Å². The van der Waals surface area contributed by atoms with Crippen LogP contribution in [0.15, 0.2) is 35.0 Å². The summed E-state index contributed by atoms with van der Waals surface area (Å²) < 4.78 is 20.3. The van der Waals surface area contributed by atoms with Crippen molar-refractivity contribution in [2.45, 2.75) is 0 Å². The first-order valence-corrected chi connectivity index (χ1v) is 8.15. The van der Waals surface area contributed by atoms with Crippen LogP contribution in [0.1, 0.15) is 11.1 Å². The second-order valence-corrected chi connectivity index (χ2v) is 5.74. The van der Waals surface area contributed by atoms with Crippen LogP contribution in [0.3, 0.4) is 0 Å². The number of benzene rings is 2. The van der Waals surface area contributed by atoms with Crippen LogP contribution in [-0.4, -0.2) is 53.8 Å². The Kier molecular flexibility index (Phi) is 5.35. The summed E-state index contributed by atoms with van der Waals surface area (Å²) >= 11 is 0. The Morgan fingerprint density at radius 1 is 0.793 bits per heavy atom. The van der Waals surface area contributed by atoms with E-state index in [2.05, 4.69) is 14.9 Å². The van der Waals surface area contributed by atoms with Gasteiger partial charge in [0.25, 0.3) is 0 Å². The number of fused-ring (bicyclic) bond motifs is 1. The first kappa shape index (κ1) is 19.7. The minimum Gasteiger partial charge on any atom is -0.493 e. The van der Waals surface area contributed by atoms with Crippen molar-refractivity contribution in [2.24, 2.45) is 0 Å². The Morgan fingerprint density at radius 3 is 1.86 bits per heavy atom. The van der Waals surface area contributed by atoms with Gasteiger partial charge in [0.1, 0.15) is 11.0 Å². The van der Waals surface area contributed by atoms with Gasteiger partial charge in [-0.3, -0.25) is 0 Å². The number of nitrogens with zero attached hydrogens (tertiary/aromatic N) is 2. The second-order valence-electron chi connectivity index (χ2n) is 5.74. The second kappa shape index (κ2) is 7.89. The number of methoxy groups -OCH3 is 3. The molecule has 10 nitrogen and oxygen atoms in total. The lowest BCUT2D eigenvalue weighted by Crippen LogP contribution is -2.10. The predicted molar refractivity (Wildman–Crippen MR) is 100.0 cm³/mol. The predicted octanol–water partition coefficient (Wildman–Crippen LogP) is 2.33. The van der Waals surface area contributed by atoms with Gasteiger partial charge in [-0.2, -0.15) is 0 Å². The van der Waals surface area contributed by atoms with Gasteiger partial charge >= 0.3 is 11.9 Å². The van der Waals surface area contributed by atoms with Crippen LogP contribution in [0.25, 0.3) is 22.2 Å². The summed E-state index contributed by atoms with van der Waals surface area (Å²) in [6.07, 6.45) is 0. The number of carboxylic acid groups (broad SMARTS) is 2. The third-order valence-electron chi connectivity index (χ3n) is 4.17.